The molecule has 0 radical (unpaired) electrons. The van der Waals surface area contributed by atoms with Crippen LogP contribution in [-0.2, 0) is 30.8 Å². The fourth-order valence-corrected chi connectivity index (χ4v) is 0.510. The predicted octanol–water partition coefficient (Wildman–Crippen LogP) is -2.52. The van der Waals surface area contributed by atoms with Crippen molar-refractivity contribution < 1.29 is 46.5 Å². The SMILES string of the molecule is C1CCOC1.CC(=O)[O-].CC(=O)[O-].O.[Ni+2]. The van der Waals surface area contributed by atoms with Crippen LogP contribution in [0.2, 0.25) is 0 Å². The minimum Gasteiger partial charge on any atom is -0.550 e. The van der Waals surface area contributed by atoms with Gasteiger partial charge < -0.3 is 30.0 Å². The number of carbonyl (C=O) groups is 2. The van der Waals surface area contributed by atoms with E-state index in [1.807, 2.05) is 0 Å². The van der Waals surface area contributed by atoms with Gasteiger partial charge in [0.15, 0.2) is 0 Å². The summed E-state index contributed by atoms with van der Waals surface area (Å²) in [5.74, 6) is -2.17. The van der Waals surface area contributed by atoms with Gasteiger partial charge in [0.05, 0.1) is 0 Å². The Bertz CT molecular complexity index is 118. The van der Waals surface area contributed by atoms with Gasteiger partial charge in [0.25, 0.3) is 0 Å². The molecule has 2 N–H and O–H groups in total. The second kappa shape index (κ2) is 19.0. The van der Waals surface area contributed by atoms with Crippen LogP contribution < -0.4 is 10.2 Å². The Morgan fingerprint density at radius 1 is 1.00 bits per heavy atom. The van der Waals surface area contributed by atoms with Crippen LogP contribution in [0.3, 0.4) is 0 Å². The standard InChI is InChI=1S/C4H8O.2C2H4O2.Ni.H2O/c1-2-4-5-3-1;2*1-2(3)4;;/h1-4H2;2*1H3,(H,3,4);;1H2/q;;;+2;/p-2. The van der Waals surface area contributed by atoms with Crippen molar-refractivity contribution in [2.24, 2.45) is 0 Å². The molecule has 0 spiro atoms. The zero-order valence-corrected chi connectivity index (χ0v) is 9.67. The number of carboxylic acid groups (broad SMARTS) is 2. The molecular weight excluding hydrogens is 251 g/mol. The molecule has 15 heavy (non-hydrogen) atoms. The Morgan fingerprint density at radius 3 is 1.27 bits per heavy atom. The Labute approximate surface area is 98.9 Å². The average Bonchev–Trinajstić information content (AvgIpc) is 2.35. The van der Waals surface area contributed by atoms with Crippen LogP contribution in [0.1, 0.15) is 26.7 Å². The first-order valence-corrected chi connectivity index (χ1v) is 3.89. The van der Waals surface area contributed by atoms with Gasteiger partial charge in [0.1, 0.15) is 0 Å². The molecule has 0 aromatic carbocycles. The van der Waals surface area contributed by atoms with Crippen LogP contribution in [0.4, 0.5) is 0 Å². The molecule has 7 heteroatoms. The zero-order valence-electron chi connectivity index (χ0n) is 8.69. The van der Waals surface area contributed by atoms with E-state index in [0.29, 0.717) is 0 Å². The van der Waals surface area contributed by atoms with Gasteiger partial charge in [-0.3, -0.25) is 0 Å². The summed E-state index contributed by atoms with van der Waals surface area (Å²) in [6.45, 7) is 3.94. The maximum Gasteiger partial charge on any atom is 2.00 e. The second-order valence-electron chi connectivity index (χ2n) is 2.30. The number of aliphatic carboxylic acids is 2. The molecule has 94 valence electrons. The third-order valence-corrected chi connectivity index (χ3v) is 0.827. The van der Waals surface area contributed by atoms with Crippen molar-refractivity contribution in [2.45, 2.75) is 26.7 Å². The third kappa shape index (κ3) is 90.8. The molecule has 1 fully saturated rings. The molecule has 1 rings (SSSR count). The molecule has 6 nitrogen and oxygen atoms in total. The van der Waals surface area contributed by atoms with E-state index in [9.17, 15) is 0 Å². The van der Waals surface area contributed by atoms with Crippen molar-refractivity contribution in [3.63, 3.8) is 0 Å². The van der Waals surface area contributed by atoms with E-state index in [1.165, 1.54) is 12.8 Å². The molecule has 0 aliphatic carbocycles. The summed E-state index contributed by atoms with van der Waals surface area (Å²) in [5.41, 5.74) is 0. The van der Waals surface area contributed by atoms with Crippen molar-refractivity contribution in [1.82, 2.24) is 0 Å². The van der Waals surface area contributed by atoms with Crippen molar-refractivity contribution in [3.8, 4) is 0 Å². The van der Waals surface area contributed by atoms with Gasteiger partial charge in [-0.25, -0.2) is 0 Å². The Morgan fingerprint density at radius 2 is 1.20 bits per heavy atom. The summed E-state index contributed by atoms with van der Waals surface area (Å²) in [6, 6.07) is 0. The van der Waals surface area contributed by atoms with Gasteiger partial charge in [0.2, 0.25) is 0 Å². The van der Waals surface area contributed by atoms with E-state index < -0.39 is 11.9 Å². The fraction of sp³-hybridized carbons (Fsp3) is 0.750. The molecule has 1 saturated heterocycles. The quantitative estimate of drug-likeness (QED) is 0.448. The summed E-state index contributed by atoms with van der Waals surface area (Å²) in [4.78, 5) is 17.8. The van der Waals surface area contributed by atoms with E-state index in [1.54, 1.807) is 0 Å². The van der Waals surface area contributed by atoms with E-state index >= 15 is 0 Å². The molecule has 0 unspecified atom stereocenters. The largest absolute Gasteiger partial charge is 2.00 e. The fourth-order valence-electron chi connectivity index (χ4n) is 0.510. The number of hydrogen-bond acceptors (Lipinski definition) is 5. The maximum absolute atomic E-state index is 8.89. The summed E-state index contributed by atoms with van der Waals surface area (Å²) in [6.07, 6.45) is 2.56. The first-order chi connectivity index (χ1) is 5.96. The first kappa shape index (κ1) is 23.9. The summed E-state index contributed by atoms with van der Waals surface area (Å²) >= 11 is 0. The van der Waals surface area contributed by atoms with Crippen molar-refractivity contribution in [1.29, 1.82) is 0 Å². The van der Waals surface area contributed by atoms with E-state index in [-0.39, 0.29) is 22.0 Å². The topological polar surface area (TPSA) is 121 Å². The number of carbonyl (C=O) groups excluding carboxylic acids is 2. The minimum atomic E-state index is -1.08. The maximum atomic E-state index is 8.89. The van der Waals surface area contributed by atoms with E-state index in [2.05, 4.69) is 0 Å². The normalized spacial score (nSPS) is 11.3. The number of ether oxygens (including phenoxy) is 1. The summed E-state index contributed by atoms with van der Waals surface area (Å²) < 4.78 is 4.94. The van der Waals surface area contributed by atoms with Crippen molar-refractivity contribution >= 4 is 11.9 Å². The van der Waals surface area contributed by atoms with Crippen molar-refractivity contribution in [3.05, 3.63) is 0 Å². The molecule has 0 atom stereocenters. The number of hydrogen-bond donors (Lipinski definition) is 0. The van der Waals surface area contributed by atoms with Gasteiger partial charge in [-0.05, 0) is 26.7 Å². The molecule has 0 aromatic heterocycles. The summed E-state index contributed by atoms with van der Waals surface area (Å²) in [5, 5.41) is 17.8. The number of rotatable bonds is 0. The van der Waals surface area contributed by atoms with Crippen LogP contribution in [0.25, 0.3) is 0 Å². The molecule has 0 saturated carbocycles. The van der Waals surface area contributed by atoms with Crippen LogP contribution >= 0.6 is 0 Å². The molecule has 1 heterocycles. The first-order valence-electron chi connectivity index (χ1n) is 3.89. The zero-order chi connectivity index (χ0) is 10.7. The van der Waals surface area contributed by atoms with E-state index in [0.717, 1.165) is 27.1 Å². The molecule has 1 aliphatic heterocycles. The molecule has 0 amide bonds. The second-order valence-corrected chi connectivity index (χ2v) is 2.30. The van der Waals surface area contributed by atoms with Gasteiger partial charge in [-0.1, -0.05) is 0 Å². The monoisotopic (exact) mass is 266 g/mol. The van der Waals surface area contributed by atoms with Crippen molar-refractivity contribution in [2.75, 3.05) is 13.2 Å². The van der Waals surface area contributed by atoms with Crippen LogP contribution in [-0.4, -0.2) is 30.6 Å². The predicted molar refractivity (Wildman–Crippen MR) is 45.0 cm³/mol. The number of carboxylic acids is 2. The third-order valence-electron chi connectivity index (χ3n) is 0.827. The average molecular weight is 267 g/mol. The van der Waals surface area contributed by atoms with E-state index in [4.69, 9.17) is 24.5 Å². The minimum absolute atomic E-state index is 0. The van der Waals surface area contributed by atoms with Gasteiger partial charge in [-0.2, -0.15) is 0 Å². The van der Waals surface area contributed by atoms with Crippen LogP contribution in [0.15, 0.2) is 0 Å². The molecule has 1 aliphatic rings. The molecular formula is C8H16NiO6. The molecule has 0 aromatic rings. The van der Waals surface area contributed by atoms with Crippen LogP contribution in [0.5, 0.6) is 0 Å². The Hall–Kier alpha value is -0.646. The van der Waals surface area contributed by atoms with Gasteiger partial charge in [0, 0.05) is 25.2 Å². The molecule has 0 bridgehead atoms. The Kier molecular flexibility index (Phi) is 30.3. The smallest absolute Gasteiger partial charge is 0.550 e. The Balaban J connectivity index is -0.0000000575. The van der Waals surface area contributed by atoms with Crippen LogP contribution in [0, 0.1) is 0 Å². The van der Waals surface area contributed by atoms with Gasteiger partial charge >= 0.3 is 16.5 Å². The van der Waals surface area contributed by atoms with Gasteiger partial charge in [-0.15, -0.1) is 0 Å². The summed E-state index contributed by atoms with van der Waals surface area (Å²) in [7, 11) is 0.